The Kier molecular flexibility index (Phi) is 3.62. The van der Waals surface area contributed by atoms with Crippen molar-refractivity contribution in [1.82, 2.24) is 25.5 Å². The Labute approximate surface area is 119 Å². The lowest BCUT2D eigenvalue weighted by atomic mass is 10.1. The third-order valence-electron chi connectivity index (χ3n) is 3.48. The van der Waals surface area contributed by atoms with Gasteiger partial charge in [0.1, 0.15) is 0 Å². The molecule has 0 spiro atoms. The second kappa shape index (κ2) is 5.44. The summed E-state index contributed by atoms with van der Waals surface area (Å²) in [5.74, 6) is 0.653. The van der Waals surface area contributed by atoms with Gasteiger partial charge in [-0.25, -0.2) is 0 Å². The summed E-state index contributed by atoms with van der Waals surface area (Å²) in [6, 6.07) is 4.96. The Balaban J connectivity index is 1.79. The fourth-order valence-electron chi connectivity index (χ4n) is 2.37. The monoisotopic (exact) mass is 297 g/mol. The van der Waals surface area contributed by atoms with Crippen LogP contribution in [0.5, 0.6) is 0 Å². The van der Waals surface area contributed by atoms with Gasteiger partial charge in [0, 0.05) is 5.56 Å². The maximum absolute atomic E-state index is 12.7. The summed E-state index contributed by atoms with van der Waals surface area (Å²) in [5.41, 5.74) is -0.392. The van der Waals surface area contributed by atoms with Crippen LogP contribution in [0.2, 0.25) is 0 Å². The summed E-state index contributed by atoms with van der Waals surface area (Å²) >= 11 is 0. The lowest BCUT2D eigenvalue weighted by Crippen LogP contribution is -2.16. The van der Waals surface area contributed by atoms with Crippen molar-refractivity contribution in [3.63, 3.8) is 0 Å². The smallest absolute Gasteiger partial charge is 0.316 e. The van der Waals surface area contributed by atoms with Crippen LogP contribution in [0.3, 0.4) is 0 Å². The molecule has 2 aromatic rings. The molecule has 1 aliphatic heterocycles. The molecule has 3 rings (SSSR count). The first-order valence-electron chi connectivity index (χ1n) is 6.68. The lowest BCUT2D eigenvalue weighted by Gasteiger charge is -2.07. The normalized spacial score (nSPS) is 19.1. The number of aromatic nitrogens is 4. The first kappa shape index (κ1) is 14.0. The van der Waals surface area contributed by atoms with E-state index in [0.717, 1.165) is 31.6 Å². The molecule has 0 radical (unpaired) electrons. The molecule has 1 aromatic heterocycles. The molecule has 1 fully saturated rings. The van der Waals surface area contributed by atoms with E-state index >= 15 is 0 Å². The van der Waals surface area contributed by atoms with E-state index in [9.17, 15) is 13.2 Å². The van der Waals surface area contributed by atoms with E-state index in [2.05, 4.69) is 20.7 Å². The minimum Gasteiger partial charge on any atom is -0.316 e. The number of halogens is 3. The predicted molar refractivity (Wildman–Crippen MR) is 69.2 cm³/mol. The lowest BCUT2D eigenvalue weighted by molar-refractivity contribution is -0.137. The minimum absolute atomic E-state index is 0.215. The number of rotatable bonds is 3. The van der Waals surface area contributed by atoms with Crippen LogP contribution in [0, 0.1) is 5.92 Å². The van der Waals surface area contributed by atoms with Crippen LogP contribution in [0.1, 0.15) is 12.0 Å². The van der Waals surface area contributed by atoms with Crippen LogP contribution in [-0.2, 0) is 12.7 Å². The van der Waals surface area contributed by atoms with Crippen LogP contribution >= 0.6 is 0 Å². The van der Waals surface area contributed by atoms with Gasteiger partial charge in [0.25, 0.3) is 0 Å². The highest BCUT2D eigenvalue weighted by molar-refractivity contribution is 5.55. The van der Waals surface area contributed by atoms with Crippen molar-refractivity contribution >= 4 is 0 Å². The number of hydrogen-bond acceptors (Lipinski definition) is 4. The van der Waals surface area contributed by atoms with Gasteiger partial charge in [0.05, 0.1) is 12.1 Å². The fraction of sp³-hybridized carbons (Fsp3) is 0.462. The van der Waals surface area contributed by atoms with E-state index in [-0.39, 0.29) is 5.82 Å². The molecule has 1 unspecified atom stereocenters. The Morgan fingerprint density at radius 3 is 2.90 bits per heavy atom. The molecule has 1 N–H and O–H groups in total. The molecule has 1 atom stereocenters. The quantitative estimate of drug-likeness (QED) is 0.941. The molecule has 0 saturated carbocycles. The summed E-state index contributed by atoms with van der Waals surface area (Å²) in [6.45, 7) is 2.50. The highest BCUT2D eigenvalue weighted by atomic mass is 19.4. The van der Waals surface area contributed by atoms with Crippen LogP contribution < -0.4 is 5.32 Å². The molecule has 1 saturated heterocycles. The molecule has 112 valence electrons. The van der Waals surface area contributed by atoms with Crippen molar-refractivity contribution in [3.05, 3.63) is 29.8 Å². The van der Waals surface area contributed by atoms with E-state index in [1.807, 2.05) is 0 Å². The number of tetrazole rings is 1. The van der Waals surface area contributed by atoms with E-state index in [0.29, 0.717) is 18.0 Å². The first-order chi connectivity index (χ1) is 10.0. The van der Waals surface area contributed by atoms with E-state index in [1.165, 1.54) is 10.9 Å². The summed E-state index contributed by atoms with van der Waals surface area (Å²) in [4.78, 5) is 1.45. The molecule has 1 aromatic carbocycles. The molecular formula is C13H14F3N5. The van der Waals surface area contributed by atoms with Gasteiger partial charge in [-0.3, -0.25) is 0 Å². The maximum atomic E-state index is 12.7. The van der Waals surface area contributed by atoms with Crippen molar-refractivity contribution in [2.24, 2.45) is 5.92 Å². The van der Waals surface area contributed by atoms with E-state index in [4.69, 9.17) is 0 Å². The van der Waals surface area contributed by atoms with Gasteiger partial charge in [0.15, 0.2) is 0 Å². The van der Waals surface area contributed by atoms with Gasteiger partial charge in [0.2, 0.25) is 5.82 Å². The average Bonchev–Trinajstić information content (AvgIpc) is 3.10. The predicted octanol–water partition coefficient (Wildman–Crippen LogP) is 1.97. The van der Waals surface area contributed by atoms with Crippen molar-refractivity contribution in [2.75, 3.05) is 13.1 Å². The standard InChI is InChI=1S/C13H14F3N5/c14-13(15,16)11-3-1-2-10(6-11)12-18-20-21(19-12)8-9-4-5-17-7-9/h1-3,6,9,17H,4-5,7-8H2. The minimum atomic E-state index is -4.37. The Morgan fingerprint density at radius 2 is 2.19 bits per heavy atom. The van der Waals surface area contributed by atoms with E-state index in [1.54, 1.807) is 6.07 Å². The Morgan fingerprint density at radius 1 is 1.33 bits per heavy atom. The number of nitrogens with zero attached hydrogens (tertiary/aromatic N) is 4. The summed E-state index contributed by atoms with van der Waals surface area (Å²) in [6.07, 6.45) is -3.33. The molecule has 1 aliphatic rings. The van der Waals surface area contributed by atoms with Gasteiger partial charge in [-0.1, -0.05) is 12.1 Å². The van der Waals surface area contributed by atoms with Gasteiger partial charge >= 0.3 is 6.18 Å². The molecular weight excluding hydrogens is 283 g/mol. The van der Waals surface area contributed by atoms with Crippen LogP contribution in [-0.4, -0.2) is 33.3 Å². The van der Waals surface area contributed by atoms with Crippen molar-refractivity contribution < 1.29 is 13.2 Å². The number of alkyl halides is 3. The number of hydrogen-bond donors (Lipinski definition) is 1. The number of nitrogens with one attached hydrogen (secondary N) is 1. The Bertz CT molecular complexity index is 616. The summed E-state index contributed by atoms with van der Waals surface area (Å²) in [5, 5.41) is 15.2. The van der Waals surface area contributed by atoms with Gasteiger partial charge in [-0.15, -0.1) is 10.2 Å². The van der Waals surface area contributed by atoms with Crippen LogP contribution in [0.15, 0.2) is 24.3 Å². The third kappa shape index (κ3) is 3.21. The summed E-state index contributed by atoms with van der Waals surface area (Å²) < 4.78 is 38.1. The molecule has 0 bridgehead atoms. The Hall–Kier alpha value is -1.96. The molecule has 21 heavy (non-hydrogen) atoms. The molecule has 0 aliphatic carbocycles. The SMILES string of the molecule is FC(F)(F)c1cccc(-c2nnn(CC3CCNC3)n2)c1. The molecule has 8 heteroatoms. The summed E-state index contributed by atoms with van der Waals surface area (Å²) in [7, 11) is 0. The van der Waals surface area contributed by atoms with Gasteiger partial charge < -0.3 is 5.32 Å². The highest BCUT2D eigenvalue weighted by Gasteiger charge is 2.30. The fourth-order valence-corrected chi connectivity index (χ4v) is 2.37. The van der Waals surface area contributed by atoms with Crippen molar-refractivity contribution in [2.45, 2.75) is 19.1 Å². The van der Waals surface area contributed by atoms with E-state index < -0.39 is 11.7 Å². The average molecular weight is 297 g/mol. The zero-order valence-electron chi connectivity index (χ0n) is 11.1. The van der Waals surface area contributed by atoms with Crippen molar-refractivity contribution in [1.29, 1.82) is 0 Å². The molecule has 2 heterocycles. The second-order valence-electron chi connectivity index (χ2n) is 5.11. The van der Waals surface area contributed by atoms with Gasteiger partial charge in [-0.2, -0.15) is 18.0 Å². The van der Waals surface area contributed by atoms with Gasteiger partial charge in [-0.05, 0) is 42.8 Å². The highest BCUT2D eigenvalue weighted by Crippen LogP contribution is 2.31. The van der Waals surface area contributed by atoms with Crippen LogP contribution in [0.25, 0.3) is 11.4 Å². The van der Waals surface area contributed by atoms with Crippen LogP contribution in [0.4, 0.5) is 13.2 Å². The molecule has 0 amide bonds. The van der Waals surface area contributed by atoms with Crippen molar-refractivity contribution in [3.8, 4) is 11.4 Å². The zero-order chi connectivity index (χ0) is 14.9. The maximum Gasteiger partial charge on any atom is 0.416 e. The largest absolute Gasteiger partial charge is 0.416 e. The second-order valence-corrected chi connectivity index (χ2v) is 5.11. The topological polar surface area (TPSA) is 55.6 Å². The first-order valence-corrected chi connectivity index (χ1v) is 6.68. The number of benzene rings is 1. The molecule has 5 nitrogen and oxygen atoms in total. The zero-order valence-corrected chi connectivity index (χ0v) is 11.1. The third-order valence-corrected chi connectivity index (χ3v) is 3.48.